The van der Waals surface area contributed by atoms with E-state index in [0.717, 1.165) is 5.56 Å². The van der Waals surface area contributed by atoms with Crippen LogP contribution >= 0.6 is 0 Å². The molecular weight excluding hydrogens is 496 g/mol. The number of nitro groups is 1. The lowest BCUT2D eigenvalue weighted by atomic mass is 10.1. The predicted molar refractivity (Wildman–Crippen MR) is 149 cm³/mol. The molecule has 10 heteroatoms. The highest BCUT2D eigenvalue weighted by Crippen LogP contribution is 2.23. The van der Waals surface area contributed by atoms with Crippen LogP contribution in [0.2, 0.25) is 0 Å². The summed E-state index contributed by atoms with van der Waals surface area (Å²) in [6, 6.07) is 22.5. The van der Waals surface area contributed by atoms with Gasteiger partial charge in [-0.3, -0.25) is 19.7 Å². The van der Waals surface area contributed by atoms with Crippen molar-refractivity contribution in [2.45, 2.75) is 6.92 Å². The van der Waals surface area contributed by atoms with Gasteiger partial charge in [-0.25, -0.2) is 9.97 Å². The Morgan fingerprint density at radius 3 is 2.51 bits per heavy atom. The quantitative estimate of drug-likeness (QED) is 0.142. The first kappa shape index (κ1) is 25.0. The summed E-state index contributed by atoms with van der Waals surface area (Å²) >= 11 is 0. The smallest absolute Gasteiger partial charge is 0.276 e. The average molecular weight is 519 g/mol. The molecule has 0 bridgehead atoms. The minimum Gasteiger partial charge on any atom is -0.337 e. The number of amides is 2. The van der Waals surface area contributed by atoms with E-state index in [0.29, 0.717) is 45.1 Å². The Kier molecular flexibility index (Phi) is 6.91. The van der Waals surface area contributed by atoms with Gasteiger partial charge in [0, 0.05) is 29.0 Å². The Bertz CT molecular complexity index is 1740. The highest BCUT2D eigenvalue weighted by Gasteiger charge is 2.14. The number of carbonyl (C=O) groups excluding carboxylic acids is 2. The molecule has 2 heterocycles. The van der Waals surface area contributed by atoms with Crippen LogP contribution in [-0.2, 0) is 4.79 Å². The minimum atomic E-state index is -0.510. The SMILES string of the molecule is Cc1ccc(NC(=O)C=Cc2ccccc2[N+](=O)[O-])cc1C(=O)Nc1cnc2nc(-c3ccccc3)[nH]c2c1. The molecule has 0 radical (unpaired) electrons. The van der Waals surface area contributed by atoms with E-state index in [-0.39, 0.29) is 11.6 Å². The van der Waals surface area contributed by atoms with E-state index in [9.17, 15) is 19.7 Å². The number of nitrogens with one attached hydrogen (secondary N) is 3. The van der Waals surface area contributed by atoms with Gasteiger partial charge in [-0.05, 0) is 42.8 Å². The summed E-state index contributed by atoms with van der Waals surface area (Å²) < 4.78 is 0. The first-order valence-corrected chi connectivity index (χ1v) is 11.9. The van der Waals surface area contributed by atoms with Crippen LogP contribution in [0.25, 0.3) is 28.6 Å². The molecule has 5 rings (SSSR count). The van der Waals surface area contributed by atoms with Gasteiger partial charge in [0.05, 0.1) is 27.9 Å². The number of pyridine rings is 1. The Hall–Kier alpha value is -5.64. The van der Waals surface area contributed by atoms with Crippen molar-refractivity contribution in [1.29, 1.82) is 0 Å². The zero-order chi connectivity index (χ0) is 27.4. The van der Waals surface area contributed by atoms with Crippen molar-refractivity contribution in [3.05, 3.63) is 118 Å². The van der Waals surface area contributed by atoms with Gasteiger partial charge < -0.3 is 15.6 Å². The second kappa shape index (κ2) is 10.8. The van der Waals surface area contributed by atoms with Crippen LogP contribution in [0.15, 0.2) is 91.1 Å². The molecule has 0 aliphatic heterocycles. The Morgan fingerprint density at radius 2 is 1.72 bits per heavy atom. The van der Waals surface area contributed by atoms with Crippen LogP contribution in [0, 0.1) is 17.0 Å². The standard InChI is InChI=1S/C29H22N6O4/c1-18-11-13-21(31-26(36)14-12-19-7-5-6-10-25(19)35(38)39)15-23(18)29(37)32-22-16-24-28(30-17-22)34-27(33-24)20-8-3-2-4-9-20/h2-17H,1H3,(H,31,36)(H,32,37)(H,30,33,34). The number of para-hydroxylation sites is 1. The lowest BCUT2D eigenvalue weighted by Gasteiger charge is -2.10. The number of hydrogen-bond donors (Lipinski definition) is 3. The second-order valence-electron chi connectivity index (χ2n) is 8.67. The van der Waals surface area contributed by atoms with E-state index in [2.05, 4.69) is 25.6 Å². The largest absolute Gasteiger partial charge is 0.337 e. The van der Waals surface area contributed by atoms with Gasteiger partial charge >= 0.3 is 0 Å². The molecule has 0 aliphatic rings. The van der Waals surface area contributed by atoms with Crippen LogP contribution < -0.4 is 10.6 Å². The molecule has 0 spiro atoms. The lowest BCUT2D eigenvalue weighted by molar-refractivity contribution is -0.385. The summed E-state index contributed by atoms with van der Waals surface area (Å²) in [5.41, 5.74) is 4.29. The molecular formula is C29H22N6O4. The number of fused-ring (bicyclic) bond motifs is 1. The number of rotatable bonds is 7. The van der Waals surface area contributed by atoms with E-state index in [1.54, 1.807) is 49.4 Å². The molecule has 0 atom stereocenters. The van der Waals surface area contributed by atoms with Gasteiger partial charge in [-0.2, -0.15) is 0 Å². The number of benzene rings is 3. The Morgan fingerprint density at radius 1 is 0.949 bits per heavy atom. The van der Waals surface area contributed by atoms with Gasteiger partial charge in [0.2, 0.25) is 5.91 Å². The van der Waals surface area contributed by atoms with Crippen molar-refractivity contribution < 1.29 is 14.5 Å². The number of aromatic amines is 1. The number of imidazole rings is 1. The van der Waals surface area contributed by atoms with E-state index in [1.807, 2.05) is 30.3 Å². The molecule has 0 fully saturated rings. The van der Waals surface area contributed by atoms with Crippen molar-refractivity contribution >= 4 is 46.1 Å². The molecule has 3 N–H and O–H groups in total. The van der Waals surface area contributed by atoms with Crippen molar-refractivity contribution in [2.75, 3.05) is 10.6 Å². The van der Waals surface area contributed by atoms with Crippen molar-refractivity contribution in [3.63, 3.8) is 0 Å². The number of nitro benzene ring substituents is 1. The summed E-state index contributed by atoms with van der Waals surface area (Å²) in [6.07, 6.45) is 4.11. The second-order valence-corrected chi connectivity index (χ2v) is 8.67. The minimum absolute atomic E-state index is 0.102. The number of anilines is 2. The zero-order valence-corrected chi connectivity index (χ0v) is 20.7. The van der Waals surface area contributed by atoms with Crippen LogP contribution in [0.4, 0.5) is 17.1 Å². The summed E-state index contributed by atoms with van der Waals surface area (Å²) in [5, 5.41) is 16.7. The van der Waals surface area contributed by atoms with Crippen LogP contribution in [0.5, 0.6) is 0 Å². The molecule has 0 aliphatic carbocycles. The third-order valence-electron chi connectivity index (χ3n) is 5.94. The molecule has 10 nitrogen and oxygen atoms in total. The molecule has 0 saturated carbocycles. The number of aromatic nitrogens is 3. The van der Waals surface area contributed by atoms with Gasteiger partial charge in [0.1, 0.15) is 5.82 Å². The number of aryl methyl sites for hydroxylation is 1. The average Bonchev–Trinajstić information content (AvgIpc) is 3.37. The van der Waals surface area contributed by atoms with Gasteiger partial charge in [-0.1, -0.05) is 48.5 Å². The highest BCUT2D eigenvalue weighted by atomic mass is 16.6. The van der Waals surface area contributed by atoms with Crippen LogP contribution in [-0.4, -0.2) is 31.7 Å². The van der Waals surface area contributed by atoms with E-state index < -0.39 is 10.8 Å². The maximum Gasteiger partial charge on any atom is 0.276 e. The van der Waals surface area contributed by atoms with Gasteiger partial charge in [0.25, 0.3) is 11.6 Å². The molecule has 39 heavy (non-hydrogen) atoms. The highest BCUT2D eigenvalue weighted by molar-refractivity contribution is 6.07. The third kappa shape index (κ3) is 5.70. The van der Waals surface area contributed by atoms with Crippen molar-refractivity contribution in [3.8, 4) is 11.4 Å². The molecule has 2 aromatic heterocycles. The zero-order valence-electron chi connectivity index (χ0n) is 20.7. The molecule has 2 amide bonds. The first-order chi connectivity index (χ1) is 18.9. The van der Waals surface area contributed by atoms with E-state index >= 15 is 0 Å². The fourth-order valence-corrected chi connectivity index (χ4v) is 3.99. The maximum absolute atomic E-state index is 13.1. The summed E-state index contributed by atoms with van der Waals surface area (Å²) in [5.74, 6) is -0.189. The number of nitrogens with zero attached hydrogens (tertiary/aromatic N) is 3. The van der Waals surface area contributed by atoms with Gasteiger partial charge in [0.15, 0.2) is 5.65 Å². The van der Waals surface area contributed by atoms with E-state index in [4.69, 9.17) is 0 Å². The monoisotopic (exact) mass is 518 g/mol. The lowest BCUT2D eigenvalue weighted by Crippen LogP contribution is -2.15. The molecule has 3 aromatic carbocycles. The molecule has 0 unspecified atom stereocenters. The first-order valence-electron chi connectivity index (χ1n) is 11.9. The summed E-state index contributed by atoms with van der Waals surface area (Å²) in [4.78, 5) is 48.3. The Balaban J connectivity index is 1.30. The Labute approximate surface area is 222 Å². The van der Waals surface area contributed by atoms with E-state index in [1.165, 1.54) is 24.4 Å². The van der Waals surface area contributed by atoms with Crippen LogP contribution in [0.3, 0.4) is 0 Å². The van der Waals surface area contributed by atoms with Gasteiger partial charge in [-0.15, -0.1) is 0 Å². The fourth-order valence-electron chi connectivity index (χ4n) is 3.99. The normalized spacial score (nSPS) is 11.0. The molecule has 0 saturated heterocycles. The molecule has 192 valence electrons. The maximum atomic E-state index is 13.1. The third-order valence-corrected chi connectivity index (χ3v) is 5.94. The number of hydrogen-bond acceptors (Lipinski definition) is 6. The fraction of sp³-hybridized carbons (Fsp3) is 0.0345. The summed E-state index contributed by atoms with van der Waals surface area (Å²) in [6.45, 7) is 1.79. The van der Waals surface area contributed by atoms with Crippen molar-refractivity contribution in [1.82, 2.24) is 15.0 Å². The van der Waals surface area contributed by atoms with Crippen molar-refractivity contribution in [2.24, 2.45) is 0 Å². The van der Waals surface area contributed by atoms with Crippen LogP contribution in [0.1, 0.15) is 21.5 Å². The number of H-pyrrole nitrogens is 1. The number of carbonyl (C=O) groups is 2. The predicted octanol–water partition coefficient (Wildman–Crippen LogP) is 5.75. The summed E-state index contributed by atoms with van der Waals surface area (Å²) in [7, 11) is 0. The topological polar surface area (TPSA) is 143 Å². The molecule has 5 aromatic rings.